The highest BCUT2D eigenvalue weighted by Gasteiger charge is 2.16. The fraction of sp³-hybridized carbons (Fsp3) is 0.700. The molecule has 4 heteroatoms. The lowest BCUT2D eigenvalue weighted by Gasteiger charge is -2.20. The van der Waals surface area contributed by atoms with E-state index in [0.717, 1.165) is 25.4 Å². The molecule has 4 nitrogen and oxygen atoms in total. The van der Waals surface area contributed by atoms with Crippen molar-refractivity contribution < 1.29 is 9.52 Å². The quantitative estimate of drug-likeness (QED) is 0.747. The van der Waals surface area contributed by atoms with E-state index in [1.807, 2.05) is 0 Å². The Balaban J connectivity index is 1.89. The van der Waals surface area contributed by atoms with Gasteiger partial charge in [-0.05, 0) is 31.8 Å². The number of nitrogens with one attached hydrogen (secondary N) is 1. The summed E-state index contributed by atoms with van der Waals surface area (Å²) in [5.74, 6) is 2.01. The largest absolute Gasteiger partial charge is 0.443 e. The number of nitrogens with zero attached hydrogens (tertiary/aromatic N) is 1. The lowest BCUT2D eigenvalue weighted by molar-refractivity contribution is 0.239. The minimum Gasteiger partial charge on any atom is -0.443 e. The van der Waals surface area contributed by atoms with Gasteiger partial charge in [-0.3, -0.25) is 0 Å². The summed E-state index contributed by atoms with van der Waals surface area (Å²) >= 11 is 0. The third kappa shape index (κ3) is 2.33. The van der Waals surface area contributed by atoms with Gasteiger partial charge >= 0.3 is 0 Å². The van der Waals surface area contributed by atoms with Crippen LogP contribution in [0, 0.1) is 5.92 Å². The Labute approximate surface area is 83.3 Å². The van der Waals surface area contributed by atoms with Gasteiger partial charge in [0, 0.05) is 6.42 Å². The van der Waals surface area contributed by atoms with Crippen molar-refractivity contribution in [3.63, 3.8) is 0 Å². The monoisotopic (exact) mass is 196 g/mol. The van der Waals surface area contributed by atoms with Crippen LogP contribution in [0.15, 0.2) is 10.6 Å². The molecule has 2 N–H and O–H groups in total. The number of oxazole rings is 1. The lowest BCUT2D eigenvalue weighted by atomic mass is 9.95. The molecule has 0 saturated carbocycles. The highest BCUT2D eigenvalue weighted by Crippen LogP contribution is 2.17. The van der Waals surface area contributed by atoms with Gasteiger partial charge in [-0.2, -0.15) is 0 Å². The van der Waals surface area contributed by atoms with E-state index in [0.29, 0.717) is 11.7 Å². The number of piperidine rings is 1. The number of aliphatic hydroxyl groups is 1. The summed E-state index contributed by atoms with van der Waals surface area (Å²) in [5, 5.41) is 12.1. The normalized spacial score (nSPS) is 18.6. The van der Waals surface area contributed by atoms with Crippen LogP contribution >= 0.6 is 0 Å². The van der Waals surface area contributed by atoms with Crippen molar-refractivity contribution in [1.29, 1.82) is 0 Å². The molecule has 1 fully saturated rings. The maximum atomic E-state index is 8.81. The SMILES string of the molecule is OCc1cnc(CC2CCNCC2)o1. The van der Waals surface area contributed by atoms with Crippen molar-refractivity contribution in [2.24, 2.45) is 5.92 Å². The first-order chi connectivity index (χ1) is 6.88. The Morgan fingerprint density at radius 1 is 1.50 bits per heavy atom. The molecular weight excluding hydrogens is 180 g/mol. The summed E-state index contributed by atoms with van der Waals surface area (Å²) < 4.78 is 5.35. The van der Waals surface area contributed by atoms with E-state index in [4.69, 9.17) is 9.52 Å². The van der Waals surface area contributed by atoms with Crippen LogP contribution in [0.4, 0.5) is 0 Å². The van der Waals surface area contributed by atoms with Crippen LogP contribution in [0.1, 0.15) is 24.5 Å². The summed E-state index contributed by atoms with van der Waals surface area (Å²) in [4.78, 5) is 4.13. The average Bonchev–Trinajstić information content (AvgIpc) is 2.67. The second kappa shape index (κ2) is 4.57. The Bertz CT molecular complexity index is 279. The second-order valence-corrected chi connectivity index (χ2v) is 3.78. The van der Waals surface area contributed by atoms with E-state index in [-0.39, 0.29) is 6.61 Å². The number of aliphatic hydroxyl groups excluding tert-OH is 1. The maximum absolute atomic E-state index is 8.81. The molecule has 1 aromatic rings. The number of rotatable bonds is 3. The third-order valence-corrected chi connectivity index (χ3v) is 2.68. The summed E-state index contributed by atoms with van der Waals surface area (Å²) in [6.45, 7) is 2.13. The molecule has 0 atom stereocenters. The highest BCUT2D eigenvalue weighted by molar-refractivity contribution is 4.93. The minimum absolute atomic E-state index is 0.0563. The van der Waals surface area contributed by atoms with Gasteiger partial charge in [0.25, 0.3) is 0 Å². The smallest absolute Gasteiger partial charge is 0.194 e. The number of aromatic nitrogens is 1. The first-order valence-electron chi connectivity index (χ1n) is 5.13. The molecular formula is C10H16N2O2. The van der Waals surface area contributed by atoms with Gasteiger partial charge in [-0.25, -0.2) is 4.98 Å². The first-order valence-corrected chi connectivity index (χ1v) is 5.13. The standard InChI is InChI=1S/C10H16N2O2/c13-7-9-6-12-10(14-9)5-8-1-3-11-4-2-8/h6,8,11,13H,1-5,7H2. The highest BCUT2D eigenvalue weighted by atomic mass is 16.4. The number of hydrogen-bond acceptors (Lipinski definition) is 4. The van der Waals surface area contributed by atoms with Gasteiger partial charge in [0.2, 0.25) is 0 Å². The van der Waals surface area contributed by atoms with Gasteiger partial charge in [0.1, 0.15) is 12.4 Å². The Hall–Kier alpha value is -0.870. The molecule has 2 rings (SSSR count). The van der Waals surface area contributed by atoms with Crippen molar-refractivity contribution >= 4 is 0 Å². The van der Waals surface area contributed by atoms with E-state index < -0.39 is 0 Å². The van der Waals surface area contributed by atoms with Crippen LogP contribution in [0.5, 0.6) is 0 Å². The van der Waals surface area contributed by atoms with E-state index in [1.165, 1.54) is 12.8 Å². The second-order valence-electron chi connectivity index (χ2n) is 3.78. The molecule has 0 bridgehead atoms. The average molecular weight is 196 g/mol. The van der Waals surface area contributed by atoms with Crippen LogP contribution in [0.25, 0.3) is 0 Å². The topological polar surface area (TPSA) is 58.3 Å². The maximum Gasteiger partial charge on any atom is 0.194 e. The van der Waals surface area contributed by atoms with Gasteiger partial charge in [-0.15, -0.1) is 0 Å². The zero-order valence-electron chi connectivity index (χ0n) is 8.20. The molecule has 1 saturated heterocycles. The van der Waals surface area contributed by atoms with Crippen molar-refractivity contribution in [3.05, 3.63) is 17.8 Å². The fourth-order valence-corrected chi connectivity index (χ4v) is 1.85. The first kappa shape index (κ1) is 9.68. The molecule has 1 aromatic heterocycles. The van der Waals surface area contributed by atoms with Crippen LogP contribution in [-0.2, 0) is 13.0 Å². The molecule has 1 aliphatic rings. The molecule has 0 aliphatic carbocycles. The van der Waals surface area contributed by atoms with E-state index >= 15 is 0 Å². The zero-order valence-corrected chi connectivity index (χ0v) is 8.20. The van der Waals surface area contributed by atoms with Crippen molar-refractivity contribution in [2.45, 2.75) is 25.9 Å². The third-order valence-electron chi connectivity index (χ3n) is 2.68. The van der Waals surface area contributed by atoms with Crippen LogP contribution in [0.3, 0.4) is 0 Å². The minimum atomic E-state index is -0.0563. The summed E-state index contributed by atoms with van der Waals surface area (Å²) in [5.41, 5.74) is 0. The lowest BCUT2D eigenvalue weighted by Crippen LogP contribution is -2.28. The number of hydrogen-bond donors (Lipinski definition) is 2. The molecule has 0 radical (unpaired) electrons. The molecule has 0 spiro atoms. The fourth-order valence-electron chi connectivity index (χ4n) is 1.85. The van der Waals surface area contributed by atoms with Gasteiger partial charge in [0.05, 0.1) is 6.20 Å². The Morgan fingerprint density at radius 2 is 2.29 bits per heavy atom. The van der Waals surface area contributed by atoms with Crippen molar-refractivity contribution in [1.82, 2.24) is 10.3 Å². The zero-order chi connectivity index (χ0) is 9.80. The predicted octanol–water partition coefficient (Wildman–Crippen LogP) is 0.709. The molecule has 1 aliphatic heterocycles. The molecule has 2 heterocycles. The van der Waals surface area contributed by atoms with Crippen LogP contribution in [-0.4, -0.2) is 23.2 Å². The van der Waals surface area contributed by atoms with E-state index in [2.05, 4.69) is 10.3 Å². The van der Waals surface area contributed by atoms with Gasteiger partial charge < -0.3 is 14.8 Å². The van der Waals surface area contributed by atoms with Crippen molar-refractivity contribution in [2.75, 3.05) is 13.1 Å². The molecule has 0 unspecified atom stereocenters. The predicted molar refractivity (Wildman–Crippen MR) is 51.7 cm³/mol. The van der Waals surface area contributed by atoms with E-state index in [1.54, 1.807) is 6.20 Å². The van der Waals surface area contributed by atoms with E-state index in [9.17, 15) is 0 Å². The van der Waals surface area contributed by atoms with Gasteiger partial charge in [-0.1, -0.05) is 0 Å². The van der Waals surface area contributed by atoms with Crippen LogP contribution in [0.2, 0.25) is 0 Å². The molecule has 0 aromatic carbocycles. The summed E-state index contributed by atoms with van der Waals surface area (Å²) in [6.07, 6.45) is 4.89. The van der Waals surface area contributed by atoms with Crippen LogP contribution < -0.4 is 5.32 Å². The molecule has 78 valence electrons. The molecule has 0 amide bonds. The molecule has 14 heavy (non-hydrogen) atoms. The van der Waals surface area contributed by atoms with Crippen molar-refractivity contribution in [3.8, 4) is 0 Å². The Morgan fingerprint density at radius 3 is 2.93 bits per heavy atom. The van der Waals surface area contributed by atoms with Gasteiger partial charge in [0.15, 0.2) is 5.89 Å². The summed E-state index contributed by atoms with van der Waals surface area (Å²) in [6, 6.07) is 0. The summed E-state index contributed by atoms with van der Waals surface area (Å²) in [7, 11) is 0. The Kier molecular flexibility index (Phi) is 3.16.